The Morgan fingerprint density at radius 2 is 1.71 bits per heavy atom. The van der Waals surface area contributed by atoms with Crippen LogP contribution >= 0.6 is 0 Å². The maximum atomic E-state index is 13.0. The largest absolute Gasteiger partial charge is 0.494 e. The summed E-state index contributed by atoms with van der Waals surface area (Å²) in [4.78, 5) is 12.4. The summed E-state index contributed by atoms with van der Waals surface area (Å²) < 4.78 is 45.7. The molecule has 1 unspecified atom stereocenters. The Morgan fingerprint density at radius 1 is 1.07 bits per heavy atom. The molecule has 0 aliphatic rings. The number of amides is 1. The fourth-order valence-electron chi connectivity index (χ4n) is 2.39. The van der Waals surface area contributed by atoms with Crippen LogP contribution in [0.1, 0.15) is 33.1 Å². The van der Waals surface area contributed by atoms with E-state index in [4.69, 9.17) is 4.74 Å². The number of hydrogen-bond donors (Lipinski definition) is 2. The van der Waals surface area contributed by atoms with Gasteiger partial charge in [0.1, 0.15) is 17.6 Å². The lowest BCUT2D eigenvalue weighted by Crippen LogP contribution is -2.43. The summed E-state index contributed by atoms with van der Waals surface area (Å²) in [6, 6.07) is 10.3. The number of unbranched alkanes of at least 4 members (excludes halogenated alkanes) is 1. The fourth-order valence-corrected chi connectivity index (χ4v) is 3.67. The van der Waals surface area contributed by atoms with Gasteiger partial charge in [0.25, 0.3) is 0 Å². The number of carbonyl (C=O) groups is 1. The van der Waals surface area contributed by atoms with Crippen LogP contribution < -0.4 is 14.8 Å². The molecule has 0 spiro atoms. The highest BCUT2D eigenvalue weighted by molar-refractivity contribution is 7.89. The minimum Gasteiger partial charge on any atom is -0.494 e. The molecule has 0 aliphatic heterocycles. The van der Waals surface area contributed by atoms with Crippen LogP contribution in [0.3, 0.4) is 0 Å². The number of rotatable bonds is 10. The van der Waals surface area contributed by atoms with Gasteiger partial charge < -0.3 is 10.1 Å². The number of hydrogen-bond acceptors (Lipinski definition) is 4. The zero-order valence-electron chi connectivity index (χ0n) is 15.9. The van der Waals surface area contributed by atoms with Crippen LogP contribution in [0, 0.1) is 5.82 Å². The smallest absolute Gasteiger partial charge is 0.242 e. The summed E-state index contributed by atoms with van der Waals surface area (Å²) in [5.74, 6) is -0.311. The van der Waals surface area contributed by atoms with Crippen molar-refractivity contribution in [2.75, 3.05) is 11.9 Å². The van der Waals surface area contributed by atoms with E-state index in [2.05, 4.69) is 17.0 Å². The minimum atomic E-state index is -3.94. The average molecular weight is 408 g/mol. The molecule has 6 nitrogen and oxygen atoms in total. The van der Waals surface area contributed by atoms with Crippen molar-refractivity contribution in [3.05, 3.63) is 54.3 Å². The first-order valence-corrected chi connectivity index (χ1v) is 10.7. The van der Waals surface area contributed by atoms with Crippen LogP contribution in [0.4, 0.5) is 10.1 Å². The third-order valence-corrected chi connectivity index (χ3v) is 5.52. The number of sulfonamides is 1. The van der Waals surface area contributed by atoms with Gasteiger partial charge >= 0.3 is 0 Å². The first-order chi connectivity index (χ1) is 13.4. The zero-order chi connectivity index (χ0) is 20.6. The monoisotopic (exact) mass is 408 g/mol. The molecule has 152 valence electrons. The van der Waals surface area contributed by atoms with Crippen molar-refractivity contribution in [2.24, 2.45) is 0 Å². The van der Waals surface area contributed by atoms with Gasteiger partial charge in [0.05, 0.1) is 11.5 Å². The van der Waals surface area contributed by atoms with E-state index >= 15 is 0 Å². The molecular formula is C20H25FN2O4S. The van der Waals surface area contributed by atoms with Gasteiger partial charge in [0, 0.05) is 5.69 Å². The van der Waals surface area contributed by atoms with E-state index in [1.54, 1.807) is 31.2 Å². The summed E-state index contributed by atoms with van der Waals surface area (Å²) in [7, 11) is -3.94. The first-order valence-electron chi connectivity index (χ1n) is 9.17. The molecule has 1 amide bonds. The molecule has 2 N–H and O–H groups in total. The molecule has 8 heteroatoms. The number of benzene rings is 2. The highest BCUT2D eigenvalue weighted by Gasteiger charge is 2.24. The predicted molar refractivity (Wildman–Crippen MR) is 106 cm³/mol. The van der Waals surface area contributed by atoms with Crippen LogP contribution in [-0.2, 0) is 14.8 Å². The third-order valence-electron chi connectivity index (χ3n) is 4.03. The molecule has 2 aromatic carbocycles. The summed E-state index contributed by atoms with van der Waals surface area (Å²) in [6.07, 6.45) is 2.26. The van der Waals surface area contributed by atoms with Crippen LogP contribution in [-0.4, -0.2) is 27.0 Å². The van der Waals surface area contributed by atoms with Crippen molar-refractivity contribution >= 4 is 21.6 Å². The molecule has 1 atom stereocenters. The molecule has 2 rings (SSSR count). The summed E-state index contributed by atoms with van der Waals surface area (Å²) in [6.45, 7) is 4.41. The summed E-state index contributed by atoms with van der Waals surface area (Å²) in [5, 5.41) is 2.69. The molecule has 0 heterocycles. The minimum absolute atomic E-state index is 0.103. The second-order valence-electron chi connectivity index (χ2n) is 6.25. The SMILES string of the molecule is CCCCOc1ccc(NC(=O)C(CC)NS(=O)(=O)c2ccc(F)cc2)cc1. The van der Waals surface area contributed by atoms with Crippen LogP contribution in [0.5, 0.6) is 5.75 Å². The quantitative estimate of drug-likeness (QED) is 0.587. The summed E-state index contributed by atoms with van der Waals surface area (Å²) in [5.41, 5.74) is 0.535. The second-order valence-corrected chi connectivity index (χ2v) is 7.97. The van der Waals surface area contributed by atoms with Crippen molar-refractivity contribution in [2.45, 2.75) is 44.0 Å². The van der Waals surface area contributed by atoms with Gasteiger partial charge in [-0.05, 0) is 61.4 Å². The normalized spacial score (nSPS) is 12.4. The van der Waals surface area contributed by atoms with Crippen LogP contribution in [0.15, 0.2) is 53.4 Å². The Kier molecular flexibility index (Phi) is 7.95. The Labute approximate surface area is 165 Å². The molecule has 0 bridgehead atoms. The van der Waals surface area contributed by atoms with Gasteiger partial charge in [-0.3, -0.25) is 4.79 Å². The standard InChI is InChI=1S/C20H25FN2O4S/c1-3-5-14-27-17-10-8-16(9-11-17)22-20(24)19(4-2)23-28(25,26)18-12-6-15(21)7-13-18/h6-13,19,23H,3-5,14H2,1-2H3,(H,22,24). The van der Waals surface area contributed by atoms with Crippen LogP contribution in [0.25, 0.3) is 0 Å². The van der Waals surface area contributed by atoms with Gasteiger partial charge in [-0.25, -0.2) is 12.8 Å². The lowest BCUT2D eigenvalue weighted by molar-refractivity contribution is -0.117. The van der Waals surface area contributed by atoms with Crippen molar-refractivity contribution in [3.8, 4) is 5.75 Å². The molecule has 0 saturated carbocycles. The lowest BCUT2D eigenvalue weighted by Gasteiger charge is -2.17. The molecule has 0 fully saturated rings. The molecule has 0 aromatic heterocycles. The average Bonchev–Trinajstić information content (AvgIpc) is 2.68. The van der Waals surface area contributed by atoms with Gasteiger partial charge in [0.15, 0.2) is 0 Å². The number of halogens is 1. The Morgan fingerprint density at radius 3 is 2.29 bits per heavy atom. The van der Waals surface area contributed by atoms with Crippen molar-refractivity contribution in [1.29, 1.82) is 0 Å². The van der Waals surface area contributed by atoms with E-state index < -0.39 is 27.8 Å². The molecule has 0 aliphatic carbocycles. The van der Waals surface area contributed by atoms with E-state index in [1.165, 1.54) is 0 Å². The lowest BCUT2D eigenvalue weighted by atomic mass is 10.2. The molecule has 0 radical (unpaired) electrons. The number of carbonyl (C=O) groups excluding carboxylic acids is 1. The molecule has 2 aromatic rings. The zero-order valence-corrected chi connectivity index (χ0v) is 16.8. The van der Waals surface area contributed by atoms with E-state index in [1.807, 2.05) is 0 Å². The van der Waals surface area contributed by atoms with Crippen molar-refractivity contribution < 1.29 is 22.3 Å². The highest BCUT2D eigenvalue weighted by Crippen LogP contribution is 2.17. The predicted octanol–water partition coefficient (Wildman–Crippen LogP) is 3.70. The second kappa shape index (κ2) is 10.2. The third kappa shape index (κ3) is 6.31. The Bertz CT molecular complexity index is 868. The number of anilines is 1. The van der Waals surface area contributed by atoms with E-state index in [-0.39, 0.29) is 11.3 Å². The van der Waals surface area contributed by atoms with E-state index in [0.29, 0.717) is 18.0 Å². The van der Waals surface area contributed by atoms with Crippen LogP contribution in [0.2, 0.25) is 0 Å². The highest BCUT2D eigenvalue weighted by atomic mass is 32.2. The van der Waals surface area contributed by atoms with Crippen molar-refractivity contribution in [1.82, 2.24) is 4.72 Å². The van der Waals surface area contributed by atoms with Gasteiger partial charge in [0.2, 0.25) is 15.9 Å². The summed E-state index contributed by atoms with van der Waals surface area (Å²) >= 11 is 0. The molecular weight excluding hydrogens is 383 g/mol. The fraction of sp³-hybridized carbons (Fsp3) is 0.350. The topological polar surface area (TPSA) is 84.5 Å². The van der Waals surface area contributed by atoms with E-state index in [9.17, 15) is 17.6 Å². The maximum absolute atomic E-state index is 13.0. The Balaban J connectivity index is 2.00. The molecule has 28 heavy (non-hydrogen) atoms. The maximum Gasteiger partial charge on any atom is 0.242 e. The Hall–Kier alpha value is -2.45. The van der Waals surface area contributed by atoms with Gasteiger partial charge in [-0.15, -0.1) is 0 Å². The first kappa shape index (κ1) is 21.8. The number of nitrogens with one attached hydrogen (secondary N) is 2. The van der Waals surface area contributed by atoms with Crippen molar-refractivity contribution in [3.63, 3.8) is 0 Å². The van der Waals surface area contributed by atoms with Gasteiger partial charge in [-0.2, -0.15) is 4.72 Å². The van der Waals surface area contributed by atoms with Gasteiger partial charge in [-0.1, -0.05) is 20.3 Å². The van der Waals surface area contributed by atoms with E-state index in [0.717, 1.165) is 37.1 Å². The number of ether oxygens (including phenoxy) is 1. The molecule has 0 saturated heterocycles.